The average molecular weight is 285 g/mol. The van der Waals surface area contributed by atoms with E-state index in [4.69, 9.17) is 8.94 Å². The molecular formula is C14H11N3O4. The van der Waals surface area contributed by atoms with Crippen molar-refractivity contribution in [2.45, 2.75) is 25.7 Å². The van der Waals surface area contributed by atoms with E-state index in [2.05, 4.69) is 15.5 Å². The molecule has 106 valence electrons. The van der Waals surface area contributed by atoms with Gasteiger partial charge in [-0.3, -0.25) is 14.9 Å². The molecule has 0 radical (unpaired) electrons. The van der Waals surface area contributed by atoms with Gasteiger partial charge in [-0.2, -0.15) is 0 Å². The predicted octanol–water partition coefficient (Wildman–Crippen LogP) is 1.80. The van der Waals surface area contributed by atoms with Crippen molar-refractivity contribution in [3.63, 3.8) is 0 Å². The number of aryl methyl sites for hydroxylation is 1. The van der Waals surface area contributed by atoms with Gasteiger partial charge in [0.1, 0.15) is 11.2 Å². The van der Waals surface area contributed by atoms with E-state index in [1.807, 2.05) is 0 Å². The lowest BCUT2D eigenvalue weighted by Gasteiger charge is -2.18. The standard InChI is InChI=1S/C14H11N3O4/c1-6-15-8-3-4-9-11(13(8)20-6)12(17-21-9)7-2-5-10(18)16-14(7)19/h3-4,7H,2,5H2,1H3,(H,16,18,19)/t7-/m1/s1. The summed E-state index contributed by atoms with van der Waals surface area (Å²) < 4.78 is 10.9. The van der Waals surface area contributed by atoms with Crippen molar-refractivity contribution in [1.82, 2.24) is 15.5 Å². The predicted molar refractivity (Wildman–Crippen MR) is 71.4 cm³/mol. The van der Waals surface area contributed by atoms with E-state index >= 15 is 0 Å². The third-order valence-corrected chi connectivity index (χ3v) is 3.69. The molecule has 1 N–H and O–H groups in total. The van der Waals surface area contributed by atoms with Crippen LogP contribution >= 0.6 is 0 Å². The van der Waals surface area contributed by atoms with E-state index in [-0.39, 0.29) is 18.2 Å². The maximum atomic E-state index is 12.0. The number of rotatable bonds is 1. The zero-order valence-electron chi connectivity index (χ0n) is 11.2. The minimum atomic E-state index is -0.514. The molecule has 1 aromatic carbocycles. The Balaban J connectivity index is 1.94. The molecule has 0 unspecified atom stereocenters. The molecule has 3 heterocycles. The summed E-state index contributed by atoms with van der Waals surface area (Å²) in [7, 11) is 0. The third-order valence-electron chi connectivity index (χ3n) is 3.69. The molecule has 2 amide bonds. The number of nitrogens with zero attached hydrogens (tertiary/aromatic N) is 2. The summed E-state index contributed by atoms with van der Waals surface area (Å²) in [5.74, 6) is -0.590. The summed E-state index contributed by atoms with van der Waals surface area (Å²) in [4.78, 5) is 27.6. The van der Waals surface area contributed by atoms with Crippen LogP contribution in [0.25, 0.3) is 22.1 Å². The van der Waals surface area contributed by atoms with Gasteiger partial charge >= 0.3 is 0 Å². The molecule has 1 aliphatic heterocycles. The number of nitrogens with one attached hydrogen (secondary N) is 1. The van der Waals surface area contributed by atoms with Gasteiger partial charge in [0.25, 0.3) is 0 Å². The van der Waals surface area contributed by atoms with Crippen molar-refractivity contribution in [2.24, 2.45) is 0 Å². The van der Waals surface area contributed by atoms with Crippen LogP contribution in [-0.4, -0.2) is 22.0 Å². The monoisotopic (exact) mass is 285 g/mol. The molecule has 0 saturated carbocycles. The van der Waals surface area contributed by atoms with E-state index < -0.39 is 5.92 Å². The Kier molecular flexibility index (Phi) is 2.38. The van der Waals surface area contributed by atoms with Crippen LogP contribution in [-0.2, 0) is 9.59 Å². The fraction of sp³-hybridized carbons (Fsp3) is 0.286. The normalized spacial score (nSPS) is 19.4. The minimum absolute atomic E-state index is 0.260. The van der Waals surface area contributed by atoms with Crippen LogP contribution in [0, 0.1) is 6.92 Å². The number of fused-ring (bicyclic) bond motifs is 3. The van der Waals surface area contributed by atoms with E-state index in [9.17, 15) is 9.59 Å². The van der Waals surface area contributed by atoms with Crippen LogP contribution in [0.5, 0.6) is 0 Å². The largest absolute Gasteiger partial charge is 0.440 e. The zero-order chi connectivity index (χ0) is 14.6. The summed E-state index contributed by atoms with van der Waals surface area (Å²) in [6.45, 7) is 1.75. The van der Waals surface area contributed by atoms with Gasteiger partial charge in [-0.05, 0) is 18.6 Å². The Hall–Kier alpha value is -2.70. The molecule has 1 atom stereocenters. The van der Waals surface area contributed by atoms with Crippen LogP contribution in [0.2, 0.25) is 0 Å². The highest BCUT2D eigenvalue weighted by atomic mass is 16.5. The molecule has 1 aliphatic rings. The summed E-state index contributed by atoms with van der Waals surface area (Å²) >= 11 is 0. The van der Waals surface area contributed by atoms with Gasteiger partial charge in [0.15, 0.2) is 17.1 Å². The molecule has 1 saturated heterocycles. The van der Waals surface area contributed by atoms with E-state index in [1.54, 1.807) is 19.1 Å². The van der Waals surface area contributed by atoms with Crippen LogP contribution in [0.1, 0.15) is 30.3 Å². The molecule has 3 aromatic rings. The van der Waals surface area contributed by atoms with Crippen LogP contribution in [0.15, 0.2) is 21.1 Å². The quantitative estimate of drug-likeness (QED) is 0.684. The molecule has 0 bridgehead atoms. The number of oxazole rings is 1. The molecule has 1 fully saturated rings. The second kappa shape index (κ2) is 4.15. The van der Waals surface area contributed by atoms with Crippen molar-refractivity contribution in [3.8, 4) is 0 Å². The van der Waals surface area contributed by atoms with Crippen LogP contribution < -0.4 is 5.32 Å². The highest BCUT2D eigenvalue weighted by Crippen LogP contribution is 2.35. The number of benzene rings is 1. The van der Waals surface area contributed by atoms with Crippen molar-refractivity contribution in [1.29, 1.82) is 0 Å². The Labute approximate surface area is 118 Å². The van der Waals surface area contributed by atoms with Crippen LogP contribution in [0.4, 0.5) is 0 Å². The number of hydrogen-bond acceptors (Lipinski definition) is 6. The first-order valence-electron chi connectivity index (χ1n) is 6.62. The summed E-state index contributed by atoms with van der Waals surface area (Å²) in [6.07, 6.45) is 0.700. The fourth-order valence-electron chi connectivity index (χ4n) is 2.74. The SMILES string of the molecule is Cc1nc2ccc3onc([C@H]4CCC(=O)NC4=O)c3c2o1. The lowest BCUT2D eigenvalue weighted by atomic mass is 9.92. The van der Waals surface area contributed by atoms with Gasteiger partial charge in [-0.25, -0.2) is 4.98 Å². The molecule has 4 rings (SSSR count). The number of carbonyl (C=O) groups excluding carboxylic acids is 2. The Bertz CT molecular complexity index is 892. The van der Waals surface area contributed by atoms with E-state index in [0.717, 1.165) is 0 Å². The van der Waals surface area contributed by atoms with Gasteiger partial charge in [-0.15, -0.1) is 0 Å². The number of imide groups is 1. The smallest absolute Gasteiger partial charge is 0.235 e. The minimum Gasteiger partial charge on any atom is -0.440 e. The second-order valence-corrected chi connectivity index (χ2v) is 5.09. The molecule has 2 aromatic heterocycles. The molecule has 7 nitrogen and oxygen atoms in total. The number of hydrogen-bond donors (Lipinski definition) is 1. The summed E-state index contributed by atoms with van der Waals surface area (Å²) in [5.41, 5.74) is 2.29. The highest BCUT2D eigenvalue weighted by molar-refractivity contribution is 6.07. The number of piperidine rings is 1. The van der Waals surface area contributed by atoms with Crippen molar-refractivity contribution in [2.75, 3.05) is 0 Å². The van der Waals surface area contributed by atoms with Gasteiger partial charge < -0.3 is 8.94 Å². The maximum Gasteiger partial charge on any atom is 0.235 e. The molecular weight excluding hydrogens is 274 g/mol. The van der Waals surface area contributed by atoms with Crippen molar-refractivity contribution >= 4 is 33.9 Å². The average Bonchev–Trinajstić information content (AvgIpc) is 3.00. The van der Waals surface area contributed by atoms with Gasteiger partial charge in [0, 0.05) is 13.3 Å². The first-order valence-corrected chi connectivity index (χ1v) is 6.62. The van der Waals surface area contributed by atoms with E-state index in [0.29, 0.717) is 40.1 Å². The number of amides is 2. The van der Waals surface area contributed by atoms with Gasteiger partial charge in [-0.1, -0.05) is 5.16 Å². The fourth-order valence-corrected chi connectivity index (χ4v) is 2.74. The highest BCUT2D eigenvalue weighted by Gasteiger charge is 2.33. The lowest BCUT2D eigenvalue weighted by Crippen LogP contribution is -2.39. The molecule has 21 heavy (non-hydrogen) atoms. The van der Waals surface area contributed by atoms with Gasteiger partial charge in [0.2, 0.25) is 11.8 Å². The summed E-state index contributed by atoms with van der Waals surface area (Å²) in [6, 6.07) is 3.54. The first kappa shape index (κ1) is 12.1. The second-order valence-electron chi connectivity index (χ2n) is 5.09. The maximum absolute atomic E-state index is 12.0. The zero-order valence-corrected chi connectivity index (χ0v) is 11.2. The lowest BCUT2D eigenvalue weighted by molar-refractivity contribution is -0.134. The molecule has 0 spiro atoms. The van der Waals surface area contributed by atoms with Crippen LogP contribution in [0.3, 0.4) is 0 Å². The van der Waals surface area contributed by atoms with E-state index in [1.165, 1.54) is 0 Å². The third kappa shape index (κ3) is 1.74. The topological polar surface area (TPSA) is 98.2 Å². The molecule has 7 heteroatoms. The first-order chi connectivity index (χ1) is 10.1. The number of carbonyl (C=O) groups is 2. The van der Waals surface area contributed by atoms with Gasteiger partial charge in [0.05, 0.1) is 11.3 Å². The number of aromatic nitrogens is 2. The Morgan fingerprint density at radius 3 is 3.00 bits per heavy atom. The Morgan fingerprint density at radius 2 is 2.19 bits per heavy atom. The Morgan fingerprint density at radius 1 is 1.33 bits per heavy atom. The van der Waals surface area contributed by atoms with Crippen molar-refractivity contribution < 1.29 is 18.5 Å². The molecule has 0 aliphatic carbocycles. The summed E-state index contributed by atoms with van der Waals surface area (Å²) in [5, 5.41) is 7.00. The van der Waals surface area contributed by atoms with Crippen molar-refractivity contribution in [3.05, 3.63) is 23.7 Å².